The third-order valence-corrected chi connectivity index (χ3v) is 2.98. The van der Waals surface area contributed by atoms with Crippen LogP contribution in [0.25, 0.3) is 10.1 Å². The van der Waals surface area contributed by atoms with Crippen molar-refractivity contribution in [3.63, 3.8) is 0 Å². The highest BCUT2D eigenvalue weighted by Crippen LogP contribution is 2.25. The van der Waals surface area contributed by atoms with Crippen LogP contribution < -0.4 is 0 Å². The number of hydrogen-bond donors (Lipinski definition) is 0. The number of Topliss-reactive ketones (excluding diaryl/α,β-unsaturated/α-hetero) is 1. The van der Waals surface area contributed by atoms with Crippen molar-refractivity contribution in [2.45, 2.75) is 0 Å². The molecule has 0 saturated heterocycles. The smallest absolute Gasteiger partial charge is 0.203 e. The number of carbonyl (C=O) groups excluding carboxylic acids is 1. The zero-order valence-corrected chi connectivity index (χ0v) is 7.60. The number of rotatable bonds is 2. The van der Waals surface area contributed by atoms with Crippen LogP contribution in [0, 0.1) is 0 Å². The van der Waals surface area contributed by atoms with Gasteiger partial charge in [0.15, 0.2) is 6.67 Å². The second kappa shape index (κ2) is 3.26. The molecule has 0 bridgehead atoms. The minimum absolute atomic E-state index is 0.429. The summed E-state index contributed by atoms with van der Waals surface area (Å²) in [5.74, 6) is -0.429. The third-order valence-electron chi connectivity index (χ3n) is 1.82. The number of hydrogen-bond acceptors (Lipinski definition) is 2. The fourth-order valence-electron chi connectivity index (χ4n) is 1.19. The lowest BCUT2D eigenvalue weighted by atomic mass is 10.2. The van der Waals surface area contributed by atoms with Gasteiger partial charge in [0.25, 0.3) is 0 Å². The Labute approximate surface area is 78.8 Å². The highest BCUT2D eigenvalue weighted by molar-refractivity contribution is 7.20. The fourth-order valence-corrected chi connectivity index (χ4v) is 2.17. The molecule has 0 fully saturated rings. The van der Waals surface area contributed by atoms with Crippen molar-refractivity contribution in [1.29, 1.82) is 0 Å². The van der Waals surface area contributed by atoms with Gasteiger partial charge in [-0.1, -0.05) is 18.2 Å². The van der Waals surface area contributed by atoms with E-state index < -0.39 is 12.5 Å². The highest BCUT2D eigenvalue weighted by Gasteiger charge is 2.08. The molecule has 0 unspecified atom stereocenters. The van der Waals surface area contributed by atoms with Crippen LogP contribution in [0.15, 0.2) is 30.3 Å². The second-order valence-corrected chi connectivity index (χ2v) is 3.79. The minimum Gasteiger partial charge on any atom is -0.290 e. The molecule has 0 aliphatic carbocycles. The van der Waals surface area contributed by atoms with Crippen molar-refractivity contribution in [1.82, 2.24) is 0 Å². The summed E-state index contributed by atoms with van der Waals surface area (Å²) in [6, 6.07) is 9.39. The normalized spacial score (nSPS) is 10.5. The van der Waals surface area contributed by atoms with Crippen molar-refractivity contribution in [3.8, 4) is 0 Å². The minimum atomic E-state index is -0.910. The molecule has 0 saturated carbocycles. The van der Waals surface area contributed by atoms with E-state index in [4.69, 9.17) is 0 Å². The topological polar surface area (TPSA) is 17.1 Å². The van der Waals surface area contributed by atoms with E-state index in [1.807, 2.05) is 24.3 Å². The van der Waals surface area contributed by atoms with Crippen LogP contribution in [0.1, 0.15) is 9.67 Å². The van der Waals surface area contributed by atoms with Crippen molar-refractivity contribution in [2.24, 2.45) is 0 Å². The lowest BCUT2D eigenvalue weighted by Gasteiger charge is -1.84. The molecule has 1 aromatic heterocycles. The van der Waals surface area contributed by atoms with E-state index in [-0.39, 0.29) is 0 Å². The lowest BCUT2D eigenvalue weighted by molar-refractivity contribution is 0.0963. The van der Waals surface area contributed by atoms with Crippen LogP contribution in [0.5, 0.6) is 0 Å². The molecule has 1 nitrogen and oxygen atoms in total. The Morgan fingerprint density at radius 3 is 2.85 bits per heavy atom. The molecule has 13 heavy (non-hydrogen) atoms. The Balaban J connectivity index is 2.56. The summed E-state index contributed by atoms with van der Waals surface area (Å²) in [5.41, 5.74) is 0. The van der Waals surface area contributed by atoms with E-state index in [2.05, 4.69) is 0 Å². The molecule has 2 rings (SSSR count). The van der Waals surface area contributed by atoms with Gasteiger partial charge < -0.3 is 0 Å². The third kappa shape index (κ3) is 1.47. The molecule has 0 N–H and O–H groups in total. The molecule has 0 aliphatic rings. The number of ketones is 1. The molecule has 66 valence electrons. The molecular formula is C10H7FOS. The van der Waals surface area contributed by atoms with Crippen LogP contribution >= 0.6 is 11.3 Å². The average Bonchev–Trinajstić information content (AvgIpc) is 2.59. The van der Waals surface area contributed by atoms with Crippen LogP contribution in [0.3, 0.4) is 0 Å². The van der Waals surface area contributed by atoms with E-state index in [0.29, 0.717) is 4.88 Å². The van der Waals surface area contributed by atoms with Gasteiger partial charge in [-0.2, -0.15) is 0 Å². The maximum atomic E-state index is 12.1. The van der Waals surface area contributed by atoms with Gasteiger partial charge in [0, 0.05) is 4.70 Å². The van der Waals surface area contributed by atoms with Gasteiger partial charge in [0.2, 0.25) is 5.78 Å². The SMILES string of the molecule is O=C(CF)c1cc2ccccc2s1. The number of fused-ring (bicyclic) bond motifs is 1. The standard InChI is InChI=1S/C10H7FOS/c11-6-8(12)10-5-7-3-1-2-4-9(7)13-10/h1-5H,6H2. The number of benzene rings is 1. The van der Waals surface area contributed by atoms with Crippen molar-refractivity contribution in [3.05, 3.63) is 35.2 Å². The zero-order valence-electron chi connectivity index (χ0n) is 6.79. The van der Waals surface area contributed by atoms with E-state index in [1.165, 1.54) is 11.3 Å². The summed E-state index contributed by atoms with van der Waals surface area (Å²) in [6.45, 7) is -0.910. The van der Waals surface area contributed by atoms with Gasteiger partial charge in [-0.3, -0.25) is 4.79 Å². The Kier molecular flexibility index (Phi) is 2.10. The Morgan fingerprint density at radius 1 is 1.38 bits per heavy atom. The van der Waals surface area contributed by atoms with Gasteiger partial charge in [-0.15, -0.1) is 11.3 Å². The predicted molar refractivity (Wildman–Crippen MR) is 52.1 cm³/mol. The first-order valence-electron chi connectivity index (χ1n) is 3.89. The Hall–Kier alpha value is -1.22. The van der Waals surface area contributed by atoms with E-state index in [1.54, 1.807) is 6.07 Å². The maximum absolute atomic E-state index is 12.1. The molecule has 0 amide bonds. The summed E-state index contributed by atoms with van der Waals surface area (Å²) >= 11 is 1.34. The average molecular weight is 194 g/mol. The van der Waals surface area contributed by atoms with Crippen molar-refractivity contribution in [2.75, 3.05) is 6.67 Å². The predicted octanol–water partition coefficient (Wildman–Crippen LogP) is 3.05. The summed E-state index contributed by atoms with van der Waals surface area (Å²) in [6.07, 6.45) is 0. The number of alkyl halides is 1. The van der Waals surface area contributed by atoms with Gasteiger partial charge in [0.05, 0.1) is 4.88 Å². The highest BCUT2D eigenvalue weighted by atomic mass is 32.1. The summed E-state index contributed by atoms with van der Waals surface area (Å²) in [4.78, 5) is 11.5. The van der Waals surface area contributed by atoms with Crippen molar-refractivity contribution < 1.29 is 9.18 Å². The first-order valence-corrected chi connectivity index (χ1v) is 4.70. The Morgan fingerprint density at radius 2 is 2.15 bits per heavy atom. The first-order chi connectivity index (χ1) is 6.31. The van der Waals surface area contributed by atoms with Gasteiger partial charge in [-0.05, 0) is 17.5 Å². The molecular weight excluding hydrogens is 187 g/mol. The maximum Gasteiger partial charge on any atom is 0.203 e. The van der Waals surface area contributed by atoms with Gasteiger partial charge >= 0.3 is 0 Å². The molecule has 2 aromatic rings. The van der Waals surface area contributed by atoms with Crippen LogP contribution in [0.4, 0.5) is 4.39 Å². The zero-order chi connectivity index (χ0) is 9.26. The lowest BCUT2D eigenvalue weighted by Crippen LogP contribution is -1.96. The number of thiophene rings is 1. The first kappa shape index (κ1) is 8.38. The Bertz CT molecular complexity index is 414. The number of carbonyl (C=O) groups is 1. The molecule has 0 spiro atoms. The van der Waals surface area contributed by atoms with Crippen LogP contribution in [0.2, 0.25) is 0 Å². The van der Waals surface area contributed by atoms with Gasteiger partial charge in [0.1, 0.15) is 0 Å². The van der Waals surface area contributed by atoms with Crippen molar-refractivity contribution >= 4 is 27.2 Å². The summed E-state index contributed by atoms with van der Waals surface area (Å²) in [7, 11) is 0. The summed E-state index contributed by atoms with van der Waals surface area (Å²) in [5, 5.41) is 1.00. The molecule has 3 heteroatoms. The fraction of sp³-hybridized carbons (Fsp3) is 0.100. The summed E-state index contributed by atoms with van der Waals surface area (Å²) < 4.78 is 13.1. The van der Waals surface area contributed by atoms with E-state index >= 15 is 0 Å². The van der Waals surface area contributed by atoms with Crippen LogP contribution in [-0.2, 0) is 0 Å². The molecule has 0 atom stereocenters. The molecule has 1 heterocycles. The van der Waals surface area contributed by atoms with Crippen LogP contribution in [-0.4, -0.2) is 12.5 Å². The second-order valence-electron chi connectivity index (χ2n) is 2.71. The molecule has 0 aliphatic heterocycles. The van der Waals surface area contributed by atoms with E-state index in [0.717, 1.165) is 10.1 Å². The van der Waals surface area contributed by atoms with E-state index in [9.17, 15) is 9.18 Å². The monoisotopic (exact) mass is 194 g/mol. The van der Waals surface area contributed by atoms with Gasteiger partial charge in [-0.25, -0.2) is 4.39 Å². The molecule has 1 aromatic carbocycles. The quantitative estimate of drug-likeness (QED) is 0.671. The largest absolute Gasteiger partial charge is 0.290 e. The number of halogens is 1. The molecule has 0 radical (unpaired) electrons.